The van der Waals surface area contributed by atoms with Crippen LogP contribution in [0.15, 0.2) is 29.2 Å². The maximum absolute atomic E-state index is 12.5. The van der Waals surface area contributed by atoms with Crippen molar-refractivity contribution < 1.29 is 36.6 Å². The fourth-order valence-corrected chi connectivity index (χ4v) is 3.02. The Morgan fingerprint density at radius 3 is 2.46 bits per heavy atom. The Kier molecular flexibility index (Phi) is 5.50. The fourth-order valence-electron chi connectivity index (χ4n) is 2.29. The zero-order chi connectivity index (χ0) is 17.9. The van der Waals surface area contributed by atoms with Crippen LogP contribution in [-0.2, 0) is 19.4 Å². The normalized spacial score (nSPS) is 18.6. The van der Waals surface area contributed by atoms with Gasteiger partial charge in [-0.1, -0.05) is 0 Å². The standard InChI is InChI=1S/C14H15F2NO6S/c15-14(16)24(21,22)11-3-1-9(2-4-11)13(20)17-5-6-23-10(8-17)7-12(18)19/h1-4,10,14H,5-8H2,(H,18,19). The predicted octanol–water partition coefficient (Wildman–Crippen LogP) is 0.999. The summed E-state index contributed by atoms with van der Waals surface area (Å²) >= 11 is 0. The number of carboxylic acids is 1. The van der Waals surface area contributed by atoms with Crippen LogP contribution in [0.4, 0.5) is 8.78 Å². The molecule has 1 atom stereocenters. The molecule has 2 rings (SSSR count). The first-order valence-electron chi connectivity index (χ1n) is 6.96. The number of hydrogen-bond donors (Lipinski definition) is 1. The van der Waals surface area contributed by atoms with Gasteiger partial charge in [0.2, 0.25) is 9.84 Å². The topological polar surface area (TPSA) is 101 Å². The van der Waals surface area contributed by atoms with Crippen LogP contribution < -0.4 is 0 Å². The number of rotatable bonds is 5. The van der Waals surface area contributed by atoms with Gasteiger partial charge in [-0.2, -0.15) is 8.78 Å². The van der Waals surface area contributed by atoms with Crippen molar-refractivity contribution >= 4 is 21.7 Å². The van der Waals surface area contributed by atoms with Gasteiger partial charge in [-0.3, -0.25) is 9.59 Å². The van der Waals surface area contributed by atoms with Crippen LogP contribution in [0.2, 0.25) is 0 Å². The van der Waals surface area contributed by atoms with Gasteiger partial charge in [0.25, 0.3) is 5.91 Å². The fraction of sp³-hybridized carbons (Fsp3) is 0.429. The zero-order valence-electron chi connectivity index (χ0n) is 12.4. The van der Waals surface area contributed by atoms with Gasteiger partial charge >= 0.3 is 11.7 Å². The molecule has 10 heteroatoms. The first-order valence-corrected chi connectivity index (χ1v) is 8.51. The highest BCUT2D eigenvalue weighted by Gasteiger charge is 2.28. The lowest BCUT2D eigenvalue weighted by Crippen LogP contribution is -2.46. The lowest BCUT2D eigenvalue weighted by Gasteiger charge is -2.32. The monoisotopic (exact) mass is 363 g/mol. The second-order valence-electron chi connectivity index (χ2n) is 5.17. The minimum Gasteiger partial charge on any atom is -0.481 e. The molecule has 1 saturated heterocycles. The van der Waals surface area contributed by atoms with E-state index in [9.17, 15) is 26.8 Å². The van der Waals surface area contributed by atoms with E-state index in [0.29, 0.717) is 0 Å². The van der Waals surface area contributed by atoms with E-state index in [4.69, 9.17) is 9.84 Å². The van der Waals surface area contributed by atoms with Gasteiger partial charge < -0.3 is 14.7 Å². The second kappa shape index (κ2) is 7.22. The van der Waals surface area contributed by atoms with Crippen molar-refractivity contribution in [3.05, 3.63) is 29.8 Å². The third-order valence-corrected chi connectivity index (χ3v) is 4.89. The number of aliphatic carboxylic acids is 1. The summed E-state index contributed by atoms with van der Waals surface area (Å²) in [6.07, 6.45) is -0.867. The van der Waals surface area contributed by atoms with Gasteiger partial charge in [0.15, 0.2) is 0 Å². The molecule has 1 aromatic rings. The molecule has 0 spiro atoms. The highest BCUT2D eigenvalue weighted by atomic mass is 32.2. The van der Waals surface area contributed by atoms with Crippen LogP contribution in [0.5, 0.6) is 0 Å². The van der Waals surface area contributed by atoms with Gasteiger partial charge in [-0.25, -0.2) is 8.42 Å². The summed E-state index contributed by atoms with van der Waals surface area (Å²) in [7, 11) is -4.71. The van der Waals surface area contributed by atoms with Crippen LogP contribution in [0.1, 0.15) is 16.8 Å². The van der Waals surface area contributed by atoms with E-state index in [2.05, 4.69) is 0 Å². The number of nitrogens with zero attached hydrogens (tertiary/aromatic N) is 1. The third kappa shape index (κ3) is 4.06. The Morgan fingerprint density at radius 2 is 1.92 bits per heavy atom. The molecule has 1 N–H and O–H groups in total. The number of hydrogen-bond acceptors (Lipinski definition) is 5. The Morgan fingerprint density at radius 1 is 1.29 bits per heavy atom. The summed E-state index contributed by atoms with van der Waals surface area (Å²) in [4.78, 5) is 23.9. The van der Waals surface area contributed by atoms with Gasteiger partial charge in [0.05, 0.1) is 24.0 Å². The molecule has 0 bridgehead atoms. The summed E-state index contributed by atoms with van der Waals surface area (Å²) in [6, 6.07) is 4.20. The minimum absolute atomic E-state index is 0.0855. The molecule has 0 aliphatic carbocycles. The quantitative estimate of drug-likeness (QED) is 0.838. The number of carbonyl (C=O) groups is 2. The molecule has 1 aliphatic heterocycles. The van der Waals surface area contributed by atoms with E-state index in [1.807, 2.05) is 0 Å². The van der Waals surface area contributed by atoms with Crippen LogP contribution >= 0.6 is 0 Å². The molecular formula is C14H15F2NO6S. The summed E-state index contributed by atoms with van der Waals surface area (Å²) in [6.45, 7) is 0.524. The average Bonchev–Trinajstić information content (AvgIpc) is 2.53. The summed E-state index contributed by atoms with van der Waals surface area (Å²) < 4.78 is 52.9. The molecule has 0 saturated carbocycles. The Labute approximate surface area is 136 Å². The first-order chi connectivity index (χ1) is 11.2. The number of morpholine rings is 1. The highest BCUT2D eigenvalue weighted by Crippen LogP contribution is 2.20. The molecule has 1 aromatic carbocycles. The maximum Gasteiger partial charge on any atom is 0.341 e. The lowest BCUT2D eigenvalue weighted by molar-refractivity contribution is -0.141. The van der Waals surface area contributed by atoms with E-state index in [1.165, 1.54) is 4.90 Å². The largest absolute Gasteiger partial charge is 0.481 e. The molecule has 1 fully saturated rings. The molecule has 7 nitrogen and oxygen atoms in total. The van der Waals surface area contributed by atoms with Crippen LogP contribution in [0, 0.1) is 0 Å². The number of carbonyl (C=O) groups excluding carboxylic acids is 1. The molecule has 1 unspecified atom stereocenters. The number of halogens is 2. The van der Waals surface area contributed by atoms with Gasteiger partial charge in [0, 0.05) is 18.7 Å². The number of ether oxygens (including phenoxy) is 1. The summed E-state index contributed by atoms with van der Waals surface area (Å²) in [5.74, 6) is -5.03. The number of benzene rings is 1. The third-order valence-electron chi connectivity index (χ3n) is 3.49. The molecule has 24 heavy (non-hydrogen) atoms. The molecule has 1 heterocycles. The molecular weight excluding hydrogens is 348 g/mol. The van der Waals surface area contributed by atoms with E-state index < -0.39 is 38.5 Å². The van der Waals surface area contributed by atoms with E-state index in [-0.39, 0.29) is 31.7 Å². The van der Waals surface area contributed by atoms with Gasteiger partial charge in [-0.15, -0.1) is 0 Å². The van der Waals surface area contributed by atoms with Crippen molar-refractivity contribution in [2.24, 2.45) is 0 Å². The van der Waals surface area contributed by atoms with Gasteiger partial charge in [-0.05, 0) is 24.3 Å². The predicted molar refractivity (Wildman–Crippen MR) is 77.5 cm³/mol. The number of alkyl halides is 2. The summed E-state index contributed by atoms with van der Waals surface area (Å²) in [5, 5.41) is 8.76. The summed E-state index contributed by atoms with van der Waals surface area (Å²) in [5.41, 5.74) is 0.124. The Balaban J connectivity index is 2.11. The van der Waals surface area contributed by atoms with Crippen molar-refractivity contribution in [2.45, 2.75) is 23.2 Å². The van der Waals surface area contributed by atoms with E-state index >= 15 is 0 Å². The van der Waals surface area contributed by atoms with Crippen molar-refractivity contribution in [2.75, 3.05) is 19.7 Å². The smallest absolute Gasteiger partial charge is 0.341 e. The first kappa shape index (κ1) is 18.3. The highest BCUT2D eigenvalue weighted by molar-refractivity contribution is 7.91. The van der Waals surface area contributed by atoms with Crippen molar-refractivity contribution in [3.63, 3.8) is 0 Å². The van der Waals surface area contributed by atoms with E-state index in [1.54, 1.807) is 0 Å². The van der Waals surface area contributed by atoms with Gasteiger partial charge in [0.1, 0.15) is 0 Å². The Bertz CT molecular complexity index is 719. The van der Waals surface area contributed by atoms with Crippen molar-refractivity contribution in [1.82, 2.24) is 4.90 Å². The Hall–Kier alpha value is -2.07. The molecule has 132 valence electrons. The molecule has 1 amide bonds. The van der Waals surface area contributed by atoms with E-state index in [0.717, 1.165) is 24.3 Å². The van der Waals surface area contributed by atoms with Crippen molar-refractivity contribution in [1.29, 1.82) is 0 Å². The number of amides is 1. The van der Waals surface area contributed by atoms with Crippen LogP contribution in [0.3, 0.4) is 0 Å². The molecule has 0 aromatic heterocycles. The zero-order valence-corrected chi connectivity index (χ0v) is 13.2. The molecule has 0 radical (unpaired) electrons. The lowest BCUT2D eigenvalue weighted by atomic mass is 10.1. The van der Waals surface area contributed by atoms with Crippen molar-refractivity contribution in [3.8, 4) is 0 Å². The van der Waals surface area contributed by atoms with Crippen LogP contribution in [-0.4, -0.2) is 61.9 Å². The second-order valence-corrected chi connectivity index (χ2v) is 7.09. The number of sulfone groups is 1. The minimum atomic E-state index is -4.71. The van der Waals surface area contributed by atoms with Crippen LogP contribution in [0.25, 0.3) is 0 Å². The maximum atomic E-state index is 12.5. The molecule has 1 aliphatic rings. The average molecular weight is 363 g/mol. The SMILES string of the molecule is O=C(O)CC1CN(C(=O)c2ccc(S(=O)(=O)C(F)F)cc2)CCO1. The number of carboxylic acid groups (broad SMARTS) is 1.